The number of aliphatic imine (C=N–C) groups is 1. The van der Waals surface area contributed by atoms with Gasteiger partial charge in [0.15, 0.2) is 5.79 Å². The molecule has 4 heterocycles. The molecular weight excluding hydrogens is 586 g/mol. The first-order chi connectivity index (χ1) is 21.8. The van der Waals surface area contributed by atoms with Gasteiger partial charge in [-0.25, -0.2) is 0 Å². The highest BCUT2D eigenvalue weighted by atomic mass is 16.7. The molecule has 0 radical (unpaired) electrons. The summed E-state index contributed by atoms with van der Waals surface area (Å²) in [6, 6.07) is 0. The van der Waals surface area contributed by atoms with Crippen molar-refractivity contribution in [3.05, 3.63) is 58.7 Å². The maximum atomic E-state index is 14.1. The van der Waals surface area contributed by atoms with Crippen molar-refractivity contribution in [2.75, 3.05) is 13.3 Å². The maximum absolute atomic E-state index is 14.1. The molecule has 4 aliphatic heterocycles. The van der Waals surface area contributed by atoms with Crippen molar-refractivity contribution in [3.63, 3.8) is 0 Å². The van der Waals surface area contributed by atoms with Gasteiger partial charge in [0.1, 0.15) is 36.6 Å². The molecule has 3 N–H and O–H groups in total. The largest absolute Gasteiger partial charge is 0.462 e. The third-order valence-electron chi connectivity index (χ3n) is 10.2. The van der Waals surface area contributed by atoms with Crippen LogP contribution in [0.3, 0.4) is 0 Å². The van der Waals surface area contributed by atoms with Crippen molar-refractivity contribution in [2.24, 2.45) is 28.7 Å². The Bertz CT molecular complexity index is 1340. The predicted molar refractivity (Wildman–Crippen MR) is 176 cm³/mol. The average molecular weight is 640 g/mol. The van der Waals surface area contributed by atoms with Gasteiger partial charge < -0.3 is 34.3 Å². The normalized spacial score (nSPS) is 44.6. The molecule has 9 nitrogen and oxygen atoms in total. The Kier molecular flexibility index (Phi) is 10.6. The number of allylic oxidation sites excluding steroid dienone is 5. The van der Waals surface area contributed by atoms with Gasteiger partial charge in [-0.2, -0.15) is 0 Å². The number of aliphatic hydroxyl groups excluding tert-OH is 2. The molecule has 0 aromatic rings. The molecule has 3 saturated heterocycles. The maximum Gasteiger partial charge on any atom is 0.316 e. The van der Waals surface area contributed by atoms with Crippen molar-refractivity contribution < 1.29 is 39.1 Å². The minimum Gasteiger partial charge on any atom is -0.462 e. The molecule has 2 bridgehead atoms. The van der Waals surface area contributed by atoms with Crippen LogP contribution >= 0.6 is 0 Å². The highest BCUT2D eigenvalue weighted by Crippen LogP contribution is 2.47. The summed E-state index contributed by atoms with van der Waals surface area (Å²) in [6.07, 6.45) is 11.1. The van der Waals surface area contributed by atoms with Crippen molar-refractivity contribution in [1.82, 2.24) is 0 Å². The number of ether oxygens (including phenoxy) is 4. The van der Waals surface area contributed by atoms with E-state index in [4.69, 9.17) is 18.9 Å². The number of nitrogens with zero attached hydrogens (tertiary/aromatic N) is 1. The molecule has 46 heavy (non-hydrogen) atoms. The van der Waals surface area contributed by atoms with E-state index in [1.807, 2.05) is 12.2 Å². The average Bonchev–Trinajstić information content (AvgIpc) is 3.31. The molecule has 0 amide bonds. The first-order valence-electron chi connectivity index (χ1n) is 16.9. The van der Waals surface area contributed by atoms with Gasteiger partial charge in [0.05, 0.1) is 18.8 Å². The molecule has 0 aromatic heterocycles. The molecule has 0 saturated carbocycles. The summed E-state index contributed by atoms with van der Waals surface area (Å²) in [5.41, 5.74) is 2.45. The van der Waals surface area contributed by atoms with E-state index in [0.29, 0.717) is 36.3 Å². The van der Waals surface area contributed by atoms with Crippen LogP contribution in [0.5, 0.6) is 0 Å². The van der Waals surface area contributed by atoms with Gasteiger partial charge in [-0.3, -0.25) is 9.79 Å². The second-order valence-electron chi connectivity index (χ2n) is 14.5. The first kappa shape index (κ1) is 34.9. The number of rotatable bonds is 3. The van der Waals surface area contributed by atoms with E-state index < -0.39 is 41.6 Å². The zero-order valence-electron chi connectivity index (χ0n) is 28.4. The Hall–Kier alpha value is -2.40. The molecule has 254 valence electrons. The number of fused-ring (bicyclic) bond motifs is 2. The summed E-state index contributed by atoms with van der Waals surface area (Å²) < 4.78 is 26.0. The summed E-state index contributed by atoms with van der Waals surface area (Å²) in [7, 11) is 0. The van der Waals surface area contributed by atoms with Crippen LogP contribution in [0.4, 0.5) is 0 Å². The van der Waals surface area contributed by atoms with Crippen LogP contribution in [0, 0.1) is 23.7 Å². The van der Waals surface area contributed by atoms with Crippen LogP contribution < -0.4 is 0 Å². The SMILES string of the molecule is CC1=C[C@H]2C(=O)O[C@H]3C[C@@H](C/C=C(\C)C[C@@H](C)/C=C/C=C4\CO[C@H]([C@@H]1O)[C@@]42O)O[C@@]1(C/C(=N\CO)[C@H](C)C(/C(C)=C/C(C)C)O1)C3. The number of carbonyl (C=O) groups is 1. The van der Waals surface area contributed by atoms with Gasteiger partial charge in [-0.05, 0) is 62.2 Å². The van der Waals surface area contributed by atoms with E-state index in [2.05, 4.69) is 64.8 Å². The summed E-state index contributed by atoms with van der Waals surface area (Å²) >= 11 is 0. The fourth-order valence-electron chi connectivity index (χ4n) is 7.99. The first-order valence-corrected chi connectivity index (χ1v) is 16.9. The van der Waals surface area contributed by atoms with Gasteiger partial charge in [0.2, 0.25) is 0 Å². The Morgan fingerprint density at radius 3 is 2.67 bits per heavy atom. The minimum atomic E-state index is -1.75. The quantitative estimate of drug-likeness (QED) is 0.287. The fraction of sp³-hybridized carbons (Fsp3) is 0.676. The second-order valence-corrected chi connectivity index (χ2v) is 14.5. The molecule has 0 aromatic carbocycles. The topological polar surface area (TPSA) is 127 Å². The van der Waals surface area contributed by atoms with Crippen molar-refractivity contribution in [3.8, 4) is 0 Å². The number of esters is 1. The highest BCUT2D eigenvalue weighted by molar-refractivity contribution is 5.89. The smallest absolute Gasteiger partial charge is 0.316 e. The van der Waals surface area contributed by atoms with Crippen LogP contribution in [0.2, 0.25) is 0 Å². The Labute approximate surface area is 273 Å². The van der Waals surface area contributed by atoms with E-state index in [1.54, 1.807) is 13.0 Å². The molecule has 5 aliphatic rings. The Balaban J connectivity index is 1.55. The zero-order chi connectivity index (χ0) is 33.4. The number of aliphatic hydroxyl groups is 3. The molecule has 1 aliphatic carbocycles. The van der Waals surface area contributed by atoms with E-state index in [9.17, 15) is 20.1 Å². The lowest BCUT2D eigenvalue weighted by Gasteiger charge is -2.50. The third kappa shape index (κ3) is 7.05. The van der Waals surface area contributed by atoms with Crippen LogP contribution in [-0.4, -0.2) is 82.2 Å². The van der Waals surface area contributed by atoms with Crippen LogP contribution in [-0.2, 0) is 23.7 Å². The fourth-order valence-corrected chi connectivity index (χ4v) is 7.99. The predicted octanol–water partition coefficient (Wildman–Crippen LogP) is 5.12. The summed E-state index contributed by atoms with van der Waals surface area (Å²) in [6.45, 7) is 14.1. The summed E-state index contributed by atoms with van der Waals surface area (Å²) in [4.78, 5) is 18.6. The number of carbonyl (C=O) groups excluding carboxylic acids is 1. The molecule has 9 heteroatoms. The van der Waals surface area contributed by atoms with Crippen molar-refractivity contribution in [2.45, 2.75) is 122 Å². The van der Waals surface area contributed by atoms with Gasteiger partial charge in [0.25, 0.3) is 0 Å². The number of hydrogen-bond donors (Lipinski definition) is 3. The Morgan fingerprint density at radius 1 is 1.20 bits per heavy atom. The van der Waals surface area contributed by atoms with Gasteiger partial charge >= 0.3 is 5.97 Å². The van der Waals surface area contributed by atoms with Crippen LogP contribution in [0.15, 0.2) is 63.7 Å². The van der Waals surface area contributed by atoms with E-state index in [1.165, 1.54) is 5.57 Å². The standard InChI is InChI=1S/C37H53NO8/c1-21(2)13-25(6)33-26(7)31(38-20-39)18-36(46-33)17-29-16-28(45-36)12-11-23(4)14-22(3)9-8-10-27-19-43-34-32(40)24(5)15-30(35(41)44-29)37(27,34)42/h8-11,13,15,21-22,26,28-30,32-34,39-40,42H,12,14,16-20H2,1-7H3/b9-8+,23-11+,25-13+,27-10+,38-31+/t22-,26-,28+,29-,30-,32+,33?,34+,36-,37+/m0/s1. The number of hydrogen-bond acceptors (Lipinski definition) is 9. The molecular formula is C37H53NO8. The summed E-state index contributed by atoms with van der Waals surface area (Å²) in [5, 5.41) is 33.0. The van der Waals surface area contributed by atoms with Crippen molar-refractivity contribution in [1.29, 1.82) is 0 Å². The Morgan fingerprint density at radius 2 is 1.96 bits per heavy atom. The molecule has 1 unspecified atom stereocenters. The van der Waals surface area contributed by atoms with E-state index in [-0.39, 0.29) is 43.8 Å². The lowest BCUT2D eigenvalue weighted by molar-refractivity contribution is -0.313. The van der Waals surface area contributed by atoms with E-state index in [0.717, 1.165) is 17.7 Å². The second kappa shape index (κ2) is 14.0. The van der Waals surface area contributed by atoms with Crippen LogP contribution in [0.1, 0.15) is 80.6 Å². The molecule has 1 spiro atoms. The highest BCUT2D eigenvalue weighted by Gasteiger charge is 2.60. The van der Waals surface area contributed by atoms with E-state index >= 15 is 0 Å². The molecule has 10 atom stereocenters. The third-order valence-corrected chi connectivity index (χ3v) is 10.2. The molecule has 5 rings (SSSR count). The lowest BCUT2D eigenvalue weighted by Crippen LogP contribution is -2.59. The molecule has 3 fully saturated rings. The van der Waals surface area contributed by atoms with Crippen LogP contribution in [0.25, 0.3) is 0 Å². The lowest BCUT2D eigenvalue weighted by atomic mass is 9.71. The summed E-state index contributed by atoms with van der Waals surface area (Å²) in [5.74, 6) is -2.28. The van der Waals surface area contributed by atoms with Gasteiger partial charge in [-0.15, -0.1) is 0 Å². The monoisotopic (exact) mass is 639 g/mol. The zero-order valence-corrected chi connectivity index (χ0v) is 28.4. The van der Waals surface area contributed by atoms with Gasteiger partial charge in [-0.1, -0.05) is 69.7 Å². The van der Waals surface area contributed by atoms with Gasteiger partial charge in [0, 0.05) is 30.9 Å². The van der Waals surface area contributed by atoms with Crippen molar-refractivity contribution >= 4 is 11.7 Å². The minimum absolute atomic E-state index is 0.0690.